The summed E-state index contributed by atoms with van der Waals surface area (Å²) in [6.45, 7) is 2.12. The number of hydrogen-bond acceptors (Lipinski definition) is 5. The Morgan fingerprint density at radius 2 is 1.79 bits per heavy atom. The van der Waals surface area contributed by atoms with Gasteiger partial charge in [0.25, 0.3) is 0 Å². The van der Waals surface area contributed by atoms with E-state index in [0.29, 0.717) is 11.9 Å². The Bertz CT molecular complexity index is 1060. The van der Waals surface area contributed by atoms with Crippen LogP contribution in [0.1, 0.15) is 38.5 Å². The van der Waals surface area contributed by atoms with Crippen LogP contribution in [-0.2, 0) is 0 Å². The second-order valence-electron chi connectivity index (χ2n) is 9.45. The summed E-state index contributed by atoms with van der Waals surface area (Å²) in [5.41, 5.74) is 10.4. The Morgan fingerprint density at radius 3 is 2.61 bits per heavy atom. The van der Waals surface area contributed by atoms with Crippen molar-refractivity contribution in [1.29, 1.82) is 0 Å². The third-order valence-electron chi connectivity index (χ3n) is 7.40. The van der Waals surface area contributed by atoms with Gasteiger partial charge in [-0.15, -0.1) is 0 Å². The predicted molar refractivity (Wildman–Crippen MR) is 144 cm³/mol. The average molecular weight is 553 g/mol. The summed E-state index contributed by atoms with van der Waals surface area (Å²) in [5, 5.41) is 3.67. The van der Waals surface area contributed by atoms with Gasteiger partial charge in [-0.05, 0) is 84.5 Å². The van der Waals surface area contributed by atoms with E-state index in [9.17, 15) is 0 Å². The summed E-state index contributed by atoms with van der Waals surface area (Å²) in [5.74, 6) is 1.13. The second kappa shape index (κ2) is 9.97. The van der Waals surface area contributed by atoms with Crippen molar-refractivity contribution in [1.82, 2.24) is 9.97 Å². The molecular weight excluding hydrogens is 521 g/mol. The number of rotatable bonds is 5. The number of nitrogens with two attached hydrogens (primary N) is 1. The molecule has 1 aliphatic carbocycles. The topological polar surface area (TPSA) is 67.1 Å². The van der Waals surface area contributed by atoms with E-state index in [-0.39, 0.29) is 11.6 Å². The zero-order chi connectivity index (χ0) is 22.7. The Balaban J connectivity index is 1.35. The van der Waals surface area contributed by atoms with Crippen LogP contribution in [0.25, 0.3) is 11.3 Å². The molecular formula is C27H32IN5. The van der Waals surface area contributed by atoms with Crippen LogP contribution in [0.4, 0.5) is 11.6 Å². The molecule has 1 saturated carbocycles. The lowest BCUT2D eigenvalue weighted by molar-refractivity contribution is 0.158. The summed E-state index contributed by atoms with van der Waals surface area (Å²) in [6, 6.07) is 21.3. The number of halogens is 1. The molecule has 2 unspecified atom stereocenters. The first-order valence-corrected chi connectivity index (χ1v) is 13.1. The SMILES string of the molecule is NC1([C@H]2CCCN(c3ccc(I)cc3)C2)CCCCC1Nc1nccc(-c2ccccc2)n1. The molecule has 2 heterocycles. The van der Waals surface area contributed by atoms with Crippen molar-refractivity contribution in [2.75, 3.05) is 23.3 Å². The van der Waals surface area contributed by atoms with Crippen molar-refractivity contribution in [2.24, 2.45) is 11.7 Å². The van der Waals surface area contributed by atoms with E-state index >= 15 is 0 Å². The molecule has 1 aromatic heterocycles. The first-order valence-electron chi connectivity index (χ1n) is 12.1. The molecule has 33 heavy (non-hydrogen) atoms. The summed E-state index contributed by atoms with van der Waals surface area (Å²) < 4.78 is 1.27. The molecule has 2 aromatic carbocycles. The number of hydrogen-bond donors (Lipinski definition) is 2. The Morgan fingerprint density at radius 1 is 0.970 bits per heavy atom. The zero-order valence-electron chi connectivity index (χ0n) is 19.0. The molecule has 6 heteroatoms. The van der Waals surface area contributed by atoms with Crippen LogP contribution in [0.5, 0.6) is 0 Å². The van der Waals surface area contributed by atoms with E-state index in [0.717, 1.165) is 37.2 Å². The maximum Gasteiger partial charge on any atom is 0.223 e. The number of nitrogens with one attached hydrogen (secondary N) is 1. The molecule has 5 rings (SSSR count). The van der Waals surface area contributed by atoms with E-state index < -0.39 is 0 Å². The highest BCUT2D eigenvalue weighted by molar-refractivity contribution is 14.1. The minimum Gasteiger partial charge on any atom is -0.371 e. The van der Waals surface area contributed by atoms with Crippen LogP contribution in [0.15, 0.2) is 66.9 Å². The van der Waals surface area contributed by atoms with Crippen molar-refractivity contribution in [3.63, 3.8) is 0 Å². The Kier molecular flexibility index (Phi) is 6.83. The molecule has 0 radical (unpaired) electrons. The van der Waals surface area contributed by atoms with Gasteiger partial charge in [0.1, 0.15) is 0 Å². The van der Waals surface area contributed by atoms with Gasteiger partial charge in [-0.25, -0.2) is 9.97 Å². The number of piperidine rings is 1. The summed E-state index contributed by atoms with van der Waals surface area (Å²) in [4.78, 5) is 11.9. The third-order valence-corrected chi connectivity index (χ3v) is 8.12. The largest absolute Gasteiger partial charge is 0.371 e. The van der Waals surface area contributed by atoms with Gasteiger partial charge in [0.05, 0.1) is 5.69 Å². The van der Waals surface area contributed by atoms with Crippen LogP contribution in [0, 0.1) is 9.49 Å². The third kappa shape index (κ3) is 5.01. The van der Waals surface area contributed by atoms with Gasteiger partial charge in [-0.1, -0.05) is 43.2 Å². The quantitative estimate of drug-likeness (QED) is 0.396. The minimum absolute atomic E-state index is 0.180. The molecule has 172 valence electrons. The highest BCUT2D eigenvalue weighted by atomic mass is 127. The maximum atomic E-state index is 7.29. The molecule has 3 N–H and O–H groups in total. The van der Waals surface area contributed by atoms with Gasteiger partial charge in [-0.3, -0.25) is 0 Å². The summed E-state index contributed by atoms with van der Waals surface area (Å²) >= 11 is 2.37. The van der Waals surface area contributed by atoms with Gasteiger partial charge in [-0.2, -0.15) is 0 Å². The minimum atomic E-state index is -0.258. The molecule has 5 nitrogen and oxygen atoms in total. The zero-order valence-corrected chi connectivity index (χ0v) is 21.1. The molecule has 3 atom stereocenters. The molecule has 2 aliphatic rings. The normalized spacial score (nSPS) is 25.6. The van der Waals surface area contributed by atoms with E-state index in [2.05, 4.69) is 74.2 Å². The van der Waals surface area contributed by atoms with Crippen molar-refractivity contribution >= 4 is 34.2 Å². The fourth-order valence-corrected chi connectivity index (χ4v) is 5.93. The number of nitrogens with zero attached hydrogens (tertiary/aromatic N) is 3. The van der Waals surface area contributed by atoms with E-state index in [1.165, 1.54) is 34.9 Å². The highest BCUT2D eigenvalue weighted by Crippen LogP contribution is 2.39. The summed E-state index contributed by atoms with van der Waals surface area (Å²) in [7, 11) is 0. The Hall–Kier alpha value is -2.19. The van der Waals surface area contributed by atoms with Crippen molar-refractivity contribution in [2.45, 2.75) is 50.1 Å². The van der Waals surface area contributed by atoms with Crippen molar-refractivity contribution in [3.05, 3.63) is 70.4 Å². The molecule has 0 bridgehead atoms. The summed E-state index contributed by atoms with van der Waals surface area (Å²) in [6.07, 6.45) is 8.71. The molecule has 2 fully saturated rings. The van der Waals surface area contributed by atoms with Crippen LogP contribution >= 0.6 is 22.6 Å². The highest BCUT2D eigenvalue weighted by Gasteiger charge is 2.45. The van der Waals surface area contributed by atoms with E-state index in [1.54, 1.807) is 0 Å². The first-order chi connectivity index (χ1) is 16.1. The average Bonchev–Trinajstić information content (AvgIpc) is 2.87. The number of aromatic nitrogens is 2. The monoisotopic (exact) mass is 553 g/mol. The fourth-order valence-electron chi connectivity index (χ4n) is 5.57. The molecule has 0 amide bonds. The molecule has 1 aliphatic heterocycles. The van der Waals surface area contributed by atoms with Crippen LogP contribution < -0.4 is 16.0 Å². The lowest BCUT2D eigenvalue weighted by atomic mass is 9.67. The van der Waals surface area contributed by atoms with E-state index in [1.807, 2.05) is 30.5 Å². The van der Waals surface area contributed by atoms with Crippen LogP contribution in [0.3, 0.4) is 0 Å². The smallest absolute Gasteiger partial charge is 0.223 e. The molecule has 1 saturated heterocycles. The first kappa shape index (κ1) is 22.6. The molecule has 0 spiro atoms. The van der Waals surface area contributed by atoms with Gasteiger partial charge in [0, 0.05) is 45.7 Å². The number of benzene rings is 2. The standard InChI is InChI=1S/C27H32IN5/c28-22-11-13-23(14-12-22)33-18-6-9-21(19-33)27(29)16-5-4-10-25(27)32-26-30-17-15-24(31-26)20-7-2-1-3-8-20/h1-3,7-8,11-15,17,21,25H,4-6,9-10,16,18-19,29H2,(H,30,31,32)/t21-,25?,27?/m0/s1. The predicted octanol–water partition coefficient (Wildman–Crippen LogP) is 5.72. The number of anilines is 2. The van der Waals surface area contributed by atoms with Crippen molar-refractivity contribution in [3.8, 4) is 11.3 Å². The van der Waals surface area contributed by atoms with Gasteiger partial charge in [0.2, 0.25) is 5.95 Å². The second-order valence-corrected chi connectivity index (χ2v) is 10.7. The van der Waals surface area contributed by atoms with Crippen LogP contribution in [-0.4, -0.2) is 34.6 Å². The van der Waals surface area contributed by atoms with E-state index in [4.69, 9.17) is 10.7 Å². The molecule has 3 aromatic rings. The fraction of sp³-hybridized carbons (Fsp3) is 0.407. The lowest BCUT2D eigenvalue weighted by Crippen LogP contribution is -2.64. The van der Waals surface area contributed by atoms with Gasteiger partial charge >= 0.3 is 0 Å². The van der Waals surface area contributed by atoms with Gasteiger partial charge in [0.15, 0.2) is 0 Å². The van der Waals surface area contributed by atoms with Crippen molar-refractivity contribution < 1.29 is 0 Å². The van der Waals surface area contributed by atoms with Crippen LogP contribution in [0.2, 0.25) is 0 Å². The van der Waals surface area contributed by atoms with Gasteiger partial charge < -0.3 is 16.0 Å². The maximum absolute atomic E-state index is 7.29. The Labute approximate surface area is 210 Å². The lowest BCUT2D eigenvalue weighted by Gasteiger charge is -2.50.